The Morgan fingerprint density at radius 3 is 2.44 bits per heavy atom. The average molecular weight is 458 g/mol. The molecule has 8 heteroatoms. The normalized spacial score (nSPS) is 17.5. The first-order valence-corrected chi connectivity index (χ1v) is 10.6. The van der Waals surface area contributed by atoms with Gasteiger partial charge in [0.1, 0.15) is 17.3 Å². The molecule has 1 aliphatic heterocycles. The second kappa shape index (κ2) is 9.87. The van der Waals surface area contributed by atoms with E-state index in [2.05, 4.69) is 0 Å². The van der Waals surface area contributed by atoms with Crippen LogP contribution in [0.15, 0.2) is 48.0 Å². The van der Waals surface area contributed by atoms with Crippen LogP contribution in [-0.4, -0.2) is 41.3 Å². The summed E-state index contributed by atoms with van der Waals surface area (Å²) in [5, 5.41) is 11.4. The predicted molar refractivity (Wildman–Crippen MR) is 120 cm³/mol. The Kier molecular flexibility index (Phi) is 7.20. The number of carbonyl (C=O) groups excluding carboxylic acids is 3. The van der Waals surface area contributed by atoms with Crippen molar-refractivity contribution in [3.05, 3.63) is 64.2 Å². The number of esters is 1. The van der Waals surface area contributed by atoms with Crippen LogP contribution in [0.3, 0.4) is 0 Å². The number of carbonyl (C=O) groups is 3. The van der Waals surface area contributed by atoms with E-state index in [1.165, 1.54) is 25.0 Å². The molecule has 1 aliphatic rings. The second-order valence-electron chi connectivity index (χ2n) is 7.36. The molecule has 1 heterocycles. The highest BCUT2D eigenvalue weighted by Crippen LogP contribution is 2.40. The van der Waals surface area contributed by atoms with Crippen molar-refractivity contribution in [3.8, 4) is 11.5 Å². The molecule has 0 aliphatic carbocycles. The third-order valence-corrected chi connectivity index (χ3v) is 5.49. The van der Waals surface area contributed by atoms with Crippen LogP contribution in [0.2, 0.25) is 5.02 Å². The number of aliphatic hydroxyl groups excluding tert-OH is 1. The highest BCUT2D eigenvalue weighted by Gasteiger charge is 2.45. The maximum Gasteiger partial charge on any atom is 0.308 e. The minimum Gasteiger partial charge on any atom is -0.507 e. The molecule has 7 nitrogen and oxygen atoms in total. The zero-order valence-corrected chi connectivity index (χ0v) is 18.8. The number of aliphatic hydroxyl groups is 1. The van der Waals surface area contributed by atoms with Crippen molar-refractivity contribution in [2.45, 2.75) is 32.7 Å². The molecule has 32 heavy (non-hydrogen) atoms. The Morgan fingerprint density at radius 2 is 1.84 bits per heavy atom. The number of hydrogen-bond donors (Lipinski definition) is 1. The minimum atomic E-state index is -0.783. The van der Waals surface area contributed by atoms with E-state index in [1.807, 2.05) is 6.92 Å². The van der Waals surface area contributed by atoms with Crippen molar-refractivity contribution < 1.29 is 29.0 Å². The molecule has 0 bridgehead atoms. The van der Waals surface area contributed by atoms with Gasteiger partial charge < -0.3 is 19.5 Å². The standard InChI is InChI=1S/C24H24ClNO6/c1-4-5-12-26-21(15-6-9-17(10-7-15)32-14(2)27)20(23(29)24(26)30)22(28)16-8-11-18(25)19(13-16)31-3/h6-11,13,21,28H,4-5,12H2,1-3H3/b22-20-. The van der Waals surface area contributed by atoms with Gasteiger partial charge in [-0.25, -0.2) is 0 Å². The number of likely N-dealkylation sites (tertiary alicyclic amines) is 1. The summed E-state index contributed by atoms with van der Waals surface area (Å²) in [4.78, 5) is 38.5. The maximum atomic E-state index is 13.0. The number of nitrogens with zero attached hydrogens (tertiary/aromatic N) is 1. The highest BCUT2D eigenvalue weighted by molar-refractivity contribution is 6.46. The summed E-state index contributed by atoms with van der Waals surface area (Å²) in [5.41, 5.74) is 0.899. The van der Waals surface area contributed by atoms with E-state index in [4.69, 9.17) is 21.1 Å². The van der Waals surface area contributed by atoms with E-state index in [9.17, 15) is 19.5 Å². The van der Waals surface area contributed by atoms with Gasteiger partial charge in [0.15, 0.2) is 0 Å². The maximum absolute atomic E-state index is 13.0. The molecule has 2 aromatic carbocycles. The van der Waals surface area contributed by atoms with Crippen molar-refractivity contribution in [2.75, 3.05) is 13.7 Å². The number of rotatable bonds is 7. The lowest BCUT2D eigenvalue weighted by atomic mass is 9.95. The molecule has 1 atom stereocenters. The Labute approximate surface area is 191 Å². The van der Waals surface area contributed by atoms with Gasteiger partial charge in [-0.15, -0.1) is 0 Å². The van der Waals surface area contributed by atoms with Gasteiger partial charge in [0.05, 0.1) is 23.7 Å². The molecule has 1 unspecified atom stereocenters. The fourth-order valence-corrected chi connectivity index (χ4v) is 3.83. The molecule has 0 radical (unpaired) electrons. The number of ether oxygens (including phenoxy) is 2. The number of benzene rings is 2. The minimum absolute atomic E-state index is 0.0179. The lowest BCUT2D eigenvalue weighted by Gasteiger charge is -2.25. The van der Waals surface area contributed by atoms with Crippen molar-refractivity contribution >= 4 is 35.0 Å². The number of ketones is 1. The Morgan fingerprint density at radius 1 is 1.16 bits per heavy atom. The first-order valence-electron chi connectivity index (χ1n) is 10.2. The molecule has 1 amide bonds. The lowest BCUT2D eigenvalue weighted by Crippen LogP contribution is -2.30. The van der Waals surface area contributed by atoms with Gasteiger partial charge in [-0.3, -0.25) is 14.4 Å². The lowest BCUT2D eigenvalue weighted by molar-refractivity contribution is -0.139. The van der Waals surface area contributed by atoms with Gasteiger partial charge in [0.25, 0.3) is 11.7 Å². The third-order valence-electron chi connectivity index (χ3n) is 5.17. The predicted octanol–water partition coefficient (Wildman–Crippen LogP) is 4.50. The van der Waals surface area contributed by atoms with Crippen LogP contribution in [0, 0.1) is 0 Å². The zero-order valence-electron chi connectivity index (χ0n) is 18.1. The molecule has 1 N–H and O–H groups in total. The fraction of sp³-hybridized carbons (Fsp3) is 0.292. The van der Waals surface area contributed by atoms with Crippen LogP contribution >= 0.6 is 11.6 Å². The Balaban J connectivity index is 2.13. The van der Waals surface area contributed by atoms with E-state index in [-0.39, 0.29) is 11.3 Å². The number of methoxy groups -OCH3 is 1. The summed E-state index contributed by atoms with van der Waals surface area (Å²) in [5.74, 6) is -1.53. The summed E-state index contributed by atoms with van der Waals surface area (Å²) >= 11 is 6.08. The van der Waals surface area contributed by atoms with Gasteiger partial charge >= 0.3 is 5.97 Å². The van der Waals surface area contributed by atoms with Crippen LogP contribution in [0.1, 0.15) is 43.9 Å². The molecule has 1 fully saturated rings. The van der Waals surface area contributed by atoms with Gasteiger partial charge in [0.2, 0.25) is 0 Å². The Bertz CT molecular complexity index is 1080. The number of hydrogen-bond acceptors (Lipinski definition) is 6. The molecule has 3 rings (SSSR count). The van der Waals surface area contributed by atoms with Crippen molar-refractivity contribution in [3.63, 3.8) is 0 Å². The van der Waals surface area contributed by atoms with Gasteiger partial charge in [0, 0.05) is 19.0 Å². The molecule has 168 valence electrons. The SMILES string of the molecule is CCCCN1C(=O)C(=O)/C(=C(\O)c2ccc(Cl)c(OC)c2)C1c1ccc(OC(C)=O)cc1. The summed E-state index contributed by atoms with van der Waals surface area (Å²) in [6, 6.07) is 10.3. The quantitative estimate of drug-likeness (QED) is 0.216. The first-order chi connectivity index (χ1) is 15.3. The summed E-state index contributed by atoms with van der Waals surface area (Å²) < 4.78 is 10.3. The third kappa shape index (κ3) is 4.62. The number of Topliss-reactive ketones (excluding diaryl/α,β-unsaturated/α-hetero) is 1. The molecular weight excluding hydrogens is 434 g/mol. The summed E-state index contributed by atoms with van der Waals surface area (Å²) in [7, 11) is 1.44. The van der Waals surface area contributed by atoms with Crippen LogP contribution in [0.5, 0.6) is 11.5 Å². The van der Waals surface area contributed by atoms with E-state index >= 15 is 0 Å². The van der Waals surface area contributed by atoms with E-state index in [1.54, 1.807) is 36.4 Å². The van der Waals surface area contributed by atoms with Crippen molar-refractivity contribution in [1.29, 1.82) is 0 Å². The van der Waals surface area contributed by atoms with Crippen molar-refractivity contribution in [2.24, 2.45) is 0 Å². The van der Waals surface area contributed by atoms with E-state index < -0.39 is 23.7 Å². The number of halogens is 1. The Hall–Kier alpha value is -3.32. The van der Waals surface area contributed by atoms with Crippen molar-refractivity contribution in [1.82, 2.24) is 4.90 Å². The molecule has 0 aromatic heterocycles. The van der Waals surface area contributed by atoms with Crippen LogP contribution in [-0.2, 0) is 14.4 Å². The summed E-state index contributed by atoms with van der Waals surface area (Å²) in [6.45, 7) is 3.64. The molecule has 0 saturated carbocycles. The number of amides is 1. The smallest absolute Gasteiger partial charge is 0.308 e. The van der Waals surface area contributed by atoms with Gasteiger partial charge in [-0.2, -0.15) is 0 Å². The number of unbranched alkanes of at least 4 members (excludes halogenated alkanes) is 1. The fourth-order valence-electron chi connectivity index (χ4n) is 3.63. The molecule has 0 spiro atoms. The average Bonchev–Trinajstić information content (AvgIpc) is 3.02. The van der Waals surface area contributed by atoms with Crippen LogP contribution < -0.4 is 9.47 Å². The van der Waals surface area contributed by atoms with E-state index in [0.29, 0.717) is 40.6 Å². The van der Waals surface area contributed by atoms with E-state index in [0.717, 1.165) is 6.42 Å². The van der Waals surface area contributed by atoms with Crippen LogP contribution in [0.4, 0.5) is 0 Å². The first kappa shape index (κ1) is 23.3. The largest absolute Gasteiger partial charge is 0.507 e. The molecule has 2 aromatic rings. The highest BCUT2D eigenvalue weighted by atomic mass is 35.5. The summed E-state index contributed by atoms with van der Waals surface area (Å²) in [6.07, 6.45) is 1.53. The molecular formula is C24H24ClNO6. The second-order valence-corrected chi connectivity index (χ2v) is 7.77. The molecule has 1 saturated heterocycles. The topological polar surface area (TPSA) is 93.1 Å². The van der Waals surface area contributed by atoms with Crippen LogP contribution in [0.25, 0.3) is 5.76 Å². The van der Waals surface area contributed by atoms with Gasteiger partial charge in [-0.1, -0.05) is 37.1 Å². The van der Waals surface area contributed by atoms with Gasteiger partial charge in [-0.05, 0) is 42.3 Å². The monoisotopic (exact) mass is 457 g/mol. The zero-order chi connectivity index (χ0) is 23.4.